The molecule has 1 fully saturated rings. The zero-order chi connectivity index (χ0) is 14.8. The minimum absolute atomic E-state index is 0.0450. The average molecular weight is 315 g/mol. The van der Waals surface area contributed by atoms with E-state index in [1.807, 2.05) is 13.0 Å². The Morgan fingerprint density at radius 1 is 1.30 bits per heavy atom. The average Bonchev–Trinajstić information content (AvgIpc) is 2.87. The molecule has 0 spiro atoms. The third-order valence-corrected chi connectivity index (χ3v) is 4.69. The number of likely N-dealkylation sites (N-methyl/N-ethyl adjacent to an activating group) is 1. The normalized spacial score (nSPS) is 17.2. The molecular formula is C15H20Cl2N2O. The molecule has 1 amide bonds. The first-order valence-corrected chi connectivity index (χ1v) is 7.74. The maximum absolute atomic E-state index is 12.6. The molecule has 0 saturated heterocycles. The lowest BCUT2D eigenvalue weighted by Gasteiger charge is -2.31. The predicted octanol–water partition coefficient (Wildman–Crippen LogP) is 3.61. The van der Waals surface area contributed by atoms with Gasteiger partial charge in [-0.1, -0.05) is 42.1 Å². The molecule has 0 aliphatic heterocycles. The number of nitrogens with two attached hydrogens (primary N) is 1. The minimum Gasteiger partial charge on any atom is -0.337 e. The van der Waals surface area contributed by atoms with Gasteiger partial charge in [-0.15, -0.1) is 0 Å². The lowest BCUT2D eigenvalue weighted by molar-refractivity contribution is -0.137. The standard InChI is InChI=1S/C15H20Cl2N2O/c1-2-19(14(20)15(18)7-3-4-8-15)10-11-5-6-12(16)13(17)9-11/h5-6,9H,2-4,7-8,10,18H2,1H3. The summed E-state index contributed by atoms with van der Waals surface area (Å²) in [4.78, 5) is 14.4. The van der Waals surface area contributed by atoms with Crippen molar-refractivity contribution >= 4 is 29.1 Å². The molecule has 1 aliphatic carbocycles. The van der Waals surface area contributed by atoms with Crippen molar-refractivity contribution in [2.24, 2.45) is 5.73 Å². The van der Waals surface area contributed by atoms with Gasteiger partial charge in [-0.25, -0.2) is 0 Å². The van der Waals surface area contributed by atoms with Gasteiger partial charge in [-0.05, 0) is 37.5 Å². The summed E-state index contributed by atoms with van der Waals surface area (Å²) in [5.41, 5.74) is 6.54. The van der Waals surface area contributed by atoms with Crippen molar-refractivity contribution in [1.29, 1.82) is 0 Å². The van der Waals surface area contributed by atoms with E-state index in [9.17, 15) is 4.79 Å². The Bertz CT molecular complexity index is 499. The molecule has 2 rings (SSSR count). The Kier molecular flexibility index (Phi) is 4.95. The quantitative estimate of drug-likeness (QED) is 0.922. The molecule has 0 heterocycles. The molecule has 5 heteroatoms. The van der Waals surface area contributed by atoms with Gasteiger partial charge in [0.25, 0.3) is 0 Å². The Hall–Kier alpha value is -0.770. The SMILES string of the molecule is CCN(Cc1ccc(Cl)c(Cl)c1)C(=O)C1(N)CCCC1. The molecule has 0 unspecified atom stereocenters. The van der Waals surface area contributed by atoms with Gasteiger partial charge in [-0.3, -0.25) is 4.79 Å². The minimum atomic E-state index is -0.674. The van der Waals surface area contributed by atoms with E-state index in [0.29, 0.717) is 23.1 Å². The fraction of sp³-hybridized carbons (Fsp3) is 0.533. The van der Waals surface area contributed by atoms with Crippen LogP contribution < -0.4 is 5.73 Å². The predicted molar refractivity (Wildman–Crippen MR) is 82.9 cm³/mol. The second-order valence-corrected chi connectivity index (χ2v) is 6.25. The molecule has 110 valence electrons. The summed E-state index contributed by atoms with van der Waals surface area (Å²) in [6.45, 7) is 3.12. The molecule has 0 bridgehead atoms. The maximum atomic E-state index is 12.6. The van der Waals surface area contributed by atoms with Crippen molar-refractivity contribution in [3.05, 3.63) is 33.8 Å². The van der Waals surface area contributed by atoms with E-state index in [-0.39, 0.29) is 5.91 Å². The van der Waals surface area contributed by atoms with Gasteiger partial charge in [0.2, 0.25) is 5.91 Å². The van der Waals surface area contributed by atoms with Crippen LogP contribution in [0.2, 0.25) is 10.0 Å². The van der Waals surface area contributed by atoms with E-state index in [1.54, 1.807) is 17.0 Å². The summed E-state index contributed by atoms with van der Waals surface area (Å²) in [5, 5.41) is 1.03. The summed E-state index contributed by atoms with van der Waals surface area (Å²) < 4.78 is 0. The third-order valence-electron chi connectivity index (χ3n) is 3.95. The van der Waals surface area contributed by atoms with E-state index in [4.69, 9.17) is 28.9 Å². The zero-order valence-corrected chi connectivity index (χ0v) is 13.2. The summed E-state index contributed by atoms with van der Waals surface area (Å²) in [5.74, 6) is 0.0450. The number of nitrogens with zero attached hydrogens (tertiary/aromatic N) is 1. The van der Waals surface area contributed by atoms with Crippen molar-refractivity contribution in [3.8, 4) is 0 Å². The Balaban J connectivity index is 2.12. The van der Waals surface area contributed by atoms with Crippen LogP contribution in [0, 0.1) is 0 Å². The van der Waals surface area contributed by atoms with Crippen LogP contribution in [-0.4, -0.2) is 22.9 Å². The Morgan fingerprint density at radius 2 is 1.95 bits per heavy atom. The molecule has 20 heavy (non-hydrogen) atoms. The van der Waals surface area contributed by atoms with Crippen LogP contribution in [0.3, 0.4) is 0 Å². The van der Waals surface area contributed by atoms with Crippen molar-refractivity contribution in [2.45, 2.75) is 44.7 Å². The van der Waals surface area contributed by atoms with Gasteiger partial charge in [-0.2, -0.15) is 0 Å². The van der Waals surface area contributed by atoms with E-state index in [0.717, 1.165) is 31.2 Å². The zero-order valence-electron chi connectivity index (χ0n) is 11.7. The van der Waals surface area contributed by atoms with Crippen LogP contribution in [0.25, 0.3) is 0 Å². The lowest BCUT2D eigenvalue weighted by Crippen LogP contribution is -2.53. The van der Waals surface area contributed by atoms with Crippen LogP contribution in [-0.2, 0) is 11.3 Å². The van der Waals surface area contributed by atoms with Crippen LogP contribution >= 0.6 is 23.2 Å². The smallest absolute Gasteiger partial charge is 0.242 e. The molecule has 0 atom stereocenters. The van der Waals surface area contributed by atoms with E-state index >= 15 is 0 Å². The fourth-order valence-corrected chi connectivity index (χ4v) is 3.04. The number of hydrogen-bond donors (Lipinski definition) is 1. The molecule has 0 aromatic heterocycles. The maximum Gasteiger partial charge on any atom is 0.242 e. The summed E-state index contributed by atoms with van der Waals surface area (Å²) in [7, 11) is 0. The highest BCUT2D eigenvalue weighted by molar-refractivity contribution is 6.42. The molecule has 1 aromatic rings. The number of halogens is 2. The number of benzene rings is 1. The van der Waals surface area contributed by atoms with E-state index in [2.05, 4.69) is 0 Å². The first-order chi connectivity index (χ1) is 9.46. The topological polar surface area (TPSA) is 46.3 Å². The molecule has 0 radical (unpaired) electrons. The fourth-order valence-electron chi connectivity index (χ4n) is 2.72. The van der Waals surface area contributed by atoms with Gasteiger partial charge in [0.15, 0.2) is 0 Å². The lowest BCUT2D eigenvalue weighted by atomic mass is 9.97. The number of rotatable bonds is 4. The van der Waals surface area contributed by atoms with Crippen molar-refractivity contribution in [3.63, 3.8) is 0 Å². The van der Waals surface area contributed by atoms with Crippen LogP contribution in [0.15, 0.2) is 18.2 Å². The van der Waals surface area contributed by atoms with Crippen LogP contribution in [0.4, 0.5) is 0 Å². The first kappa shape index (κ1) is 15.6. The largest absolute Gasteiger partial charge is 0.337 e. The third kappa shape index (κ3) is 3.27. The summed E-state index contributed by atoms with van der Waals surface area (Å²) in [6, 6.07) is 5.45. The summed E-state index contributed by atoms with van der Waals surface area (Å²) >= 11 is 11.9. The van der Waals surface area contributed by atoms with Crippen molar-refractivity contribution in [1.82, 2.24) is 4.90 Å². The van der Waals surface area contributed by atoms with Crippen molar-refractivity contribution in [2.75, 3.05) is 6.54 Å². The van der Waals surface area contributed by atoms with Gasteiger partial charge in [0.1, 0.15) is 0 Å². The second-order valence-electron chi connectivity index (χ2n) is 5.43. The highest BCUT2D eigenvalue weighted by atomic mass is 35.5. The van der Waals surface area contributed by atoms with E-state index < -0.39 is 5.54 Å². The number of carbonyl (C=O) groups is 1. The van der Waals surface area contributed by atoms with Crippen LogP contribution in [0.5, 0.6) is 0 Å². The Morgan fingerprint density at radius 3 is 2.50 bits per heavy atom. The molecular weight excluding hydrogens is 295 g/mol. The van der Waals surface area contributed by atoms with Crippen LogP contribution in [0.1, 0.15) is 38.2 Å². The van der Waals surface area contributed by atoms with Crippen molar-refractivity contribution < 1.29 is 4.79 Å². The van der Waals surface area contributed by atoms with Gasteiger partial charge < -0.3 is 10.6 Å². The monoisotopic (exact) mass is 314 g/mol. The van der Waals surface area contributed by atoms with Gasteiger partial charge in [0.05, 0.1) is 15.6 Å². The number of hydrogen-bond acceptors (Lipinski definition) is 2. The van der Waals surface area contributed by atoms with Gasteiger partial charge >= 0.3 is 0 Å². The summed E-state index contributed by atoms with van der Waals surface area (Å²) in [6.07, 6.45) is 3.63. The first-order valence-electron chi connectivity index (χ1n) is 6.98. The molecule has 1 aliphatic rings. The highest BCUT2D eigenvalue weighted by Gasteiger charge is 2.39. The molecule has 2 N–H and O–H groups in total. The second kappa shape index (κ2) is 6.33. The highest BCUT2D eigenvalue weighted by Crippen LogP contribution is 2.30. The molecule has 3 nitrogen and oxygen atoms in total. The molecule has 1 saturated carbocycles. The van der Waals surface area contributed by atoms with E-state index in [1.165, 1.54) is 0 Å². The molecule has 1 aromatic carbocycles. The number of amides is 1. The Labute approximate surface area is 130 Å². The number of carbonyl (C=O) groups excluding carboxylic acids is 1. The van der Waals surface area contributed by atoms with Gasteiger partial charge in [0, 0.05) is 13.1 Å².